The van der Waals surface area contributed by atoms with Crippen molar-refractivity contribution in [1.29, 1.82) is 0 Å². The van der Waals surface area contributed by atoms with Gasteiger partial charge >= 0.3 is 0 Å². The quantitative estimate of drug-likeness (QED) is 0.0725. The van der Waals surface area contributed by atoms with Crippen LogP contribution in [-0.2, 0) is 22.7 Å². The number of hydrogen-bond acceptors (Lipinski definition) is 7. The zero-order valence-corrected chi connectivity index (χ0v) is 30.3. The fraction of sp³-hybridized carbons (Fsp3) is 0.486. The van der Waals surface area contributed by atoms with Crippen LogP contribution in [0, 0.1) is 5.92 Å². The summed E-state index contributed by atoms with van der Waals surface area (Å²) in [6.07, 6.45) is 5.80. The van der Waals surface area contributed by atoms with Crippen LogP contribution in [0.1, 0.15) is 45.1 Å². The molecule has 252 valence electrons. The molecule has 0 radical (unpaired) electrons. The van der Waals surface area contributed by atoms with Crippen LogP contribution in [-0.4, -0.2) is 66.1 Å². The first-order chi connectivity index (χ1) is 22.6. The zero-order chi connectivity index (χ0) is 33.4. The lowest BCUT2D eigenvalue weighted by Gasteiger charge is -2.18. The van der Waals surface area contributed by atoms with E-state index in [1.54, 1.807) is 6.07 Å². The number of ketones is 1. The number of carbonyl (C=O) groups excluding carboxylic acids is 1. The Kier molecular flexibility index (Phi) is 12.1. The third-order valence-corrected chi connectivity index (χ3v) is 10.7. The van der Waals surface area contributed by atoms with Crippen molar-refractivity contribution in [2.45, 2.75) is 78.4 Å². The molecule has 10 heteroatoms. The first kappa shape index (κ1) is 35.1. The molecule has 2 aromatic carbocycles. The molecular weight excluding hydrogens is 628 g/mol. The number of halogens is 1. The van der Waals surface area contributed by atoms with Crippen molar-refractivity contribution < 1.29 is 19.0 Å². The van der Waals surface area contributed by atoms with Crippen LogP contribution < -0.4 is 9.47 Å². The van der Waals surface area contributed by atoms with Gasteiger partial charge in [-0.3, -0.25) is 4.79 Å². The monoisotopic (exact) mass is 676 g/mol. The van der Waals surface area contributed by atoms with E-state index in [1.165, 1.54) is 6.33 Å². The fourth-order valence-corrected chi connectivity index (χ4v) is 6.54. The summed E-state index contributed by atoms with van der Waals surface area (Å²) in [5.74, 6) is 2.62. The predicted molar refractivity (Wildman–Crippen MR) is 193 cm³/mol. The lowest BCUT2D eigenvalue weighted by atomic mass is 10.0. The number of benzene rings is 2. The Morgan fingerprint density at radius 2 is 1.74 bits per heavy atom. The van der Waals surface area contributed by atoms with E-state index in [4.69, 9.17) is 25.8 Å². The molecular formula is C37H49ClN4O4Si. The van der Waals surface area contributed by atoms with Crippen LogP contribution in [0.4, 0.5) is 0 Å². The molecule has 1 fully saturated rings. The normalized spacial score (nSPS) is 13.4. The van der Waals surface area contributed by atoms with Crippen molar-refractivity contribution in [2.24, 2.45) is 5.92 Å². The number of carbonyl (C=O) groups is 1. The highest BCUT2D eigenvalue weighted by Crippen LogP contribution is 2.36. The SMILES string of the molecule is CCN(CC)CCCOc1ccc(-c2cc3c(Oc4ccc(CC(=O)CC5CC5)c(Cl)c4)ncnc3n2COCC[Si](C)(C)C)cc1. The maximum absolute atomic E-state index is 12.4. The summed E-state index contributed by atoms with van der Waals surface area (Å²) in [5.41, 5.74) is 3.51. The second-order valence-corrected chi connectivity index (χ2v) is 19.7. The van der Waals surface area contributed by atoms with Crippen LogP contribution >= 0.6 is 11.6 Å². The van der Waals surface area contributed by atoms with Gasteiger partial charge < -0.3 is 23.7 Å². The molecule has 2 heterocycles. The van der Waals surface area contributed by atoms with Gasteiger partial charge in [-0.25, -0.2) is 9.97 Å². The van der Waals surface area contributed by atoms with E-state index >= 15 is 0 Å². The molecule has 0 aliphatic heterocycles. The van der Waals surface area contributed by atoms with E-state index in [1.807, 2.05) is 24.3 Å². The number of nitrogens with zero attached hydrogens (tertiary/aromatic N) is 4. The van der Waals surface area contributed by atoms with Crippen molar-refractivity contribution in [3.63, 3.8) is 0 Å². The molecule has 0 saturated heterocycles. The lowest BCUT2D eigenvalue weighted by molar-refractivity contribution is -0.118. The van der Waals surface area contributed by atoms with E-state index in [0.717, 1.165) is 78.5 Å². The highest BCUT2D eigenvalue weighted by molar-refractivity contribution is 6.76. The molecule has 0 bridgehead atoms. The van der Waals surface area contributed by atoms with Crippen LogP contribution in [0.2, 0.25) is 30.7 Å². The van der Waals surface area contributed by atoms with Gasteiger partial charge in [0.1, 0.15) is 36.0 Å². The number of fused-ring (bicyclic) bond motifs is 1. The standard InChI is InChI=1S/C37H49ClN4O4Si/c1-6-41(7-2)17-8-18-45-31-14-11-28(12-15-31)35-24-33-36(42(35)26-44-19-20-47(3,4)5)39-25-40-37(33)46-32-16-13-29(34(38)23-32)22-30(43)21-27-9-10-27/h11-16,23-25,27H,6-10,17-22,26H2,1-5H3. The van der Waals surface area contributed by atoms with Crippen molar-refractivity contribution >= 4 is 36.5 Å². The van der Waals surface area contributed by atoms with Crippen molar-refractivity contribution in [3.05, 3.63) is 65.4 Å². The second kappa shape index (κ2) is 16.2. The van der Waals surface area contributed by atoms with Gasteiger partial charge in [-0.15, -0.1) is 0 Å². The van der Waals surface area contributed by atoms with Crippen molar-refractivity contribution in [1.82, 2.24) is 19.4 Å². The summed E-state index contributed by atoms with van der Waals surface area (Å²) in [6, 6.07) is 16.8. The van der Waals surface area contributed by atoms with E-state index in [0.29, 0.717) is 55.4 Å². The molecule has 2 aromatic heterocycles. The molecule has 4 aromatic rings. The van der Waals surface area contributed by atoms with Gasteiger partial charge in [-0.05, 0) is 97.9 Å². The largest absolute Gasteiger partial charge is 0.494 e. The number of hydrogen-bond donors (Lipinski definition) is 0. The van der Waals surface area contributed by atoms with E-state index in [9.17, 15) is 4.79 Å². The minimum absolute atomic E-state index is 0.233. The fourth-order valence-electron chi connectivity index (χ4n) is 5.54. The number of ether oxygens (including phenoxy) is 3. The first-order valence-corrected chi connectivity index (χ1v) is 21.1. The number of aromatic nitrogens is 3. The lowest BCUT2D eigenvalue weighted by Crippen LogP contribution is -2.25. The van der Waals surface area contributed by atoms with E-state index < -0.39 is 8.07 Å². The Balaban J connectivity index is 1.35. The van der Waals surface area contributed by atoms with E-state index in [-0.39, 0.29) is 5.78 Å². The van der Waals surface area contributed by atoms with Gasteiger partial charge in [0.2, 0.25) is 5.88 Å². The molecule has 1 aliphatic rings. The summed E-state index contributed by atoms with van der Waals surface area (Å²) < 4.78 is 20.7. The Morgan fingerprint density at radius 3 is 2.43 bits per heavy atom. The summed E-state index contributed by atoms with van der Waals surface area (Å²) in [6.45, 7) is 16.3. The van der Waals surface area contributed by atoms with Crippen LogP contribution in [0.3, 0.4) is 0 Å². The summed E-state index contributed by atoms with van der Waals surface area (Å²) in [5, 5.41) is 1.29. The maximum Gasteiger partial charge on any atom is 0.231 e. The number of Topliss-reactive ketones (excluding diaryl/α,β-unsaturated/α-hetero) is 1. The summed E-state index contributed by atoms with van der Waals surface area (Å²) in [7, 11) is -1.24. The topological polar surface area (TPSA) is 78.7 Å². The summed E-state index contributed by atoms with van der Waals surface area (Å²) in [4.78, 5) is 24.0. The molecule has 0 N–H and O–H groups in total. The molecule has 0 amide bonds. The highest BCUT2D eigenvalue weighted by atomic mass is 35.5. The molecule has 1 saturated carbocycles. The van der Waals surface area contributed by atoms with Gasteiger partial charge in [-0.1, -0.05) is 51.2 Å². The van der Waals surface area contributed by atoms with Gasteiger partial charge in [-0.2, -0.15) is 0 Å². The molecule has 0 spiro atoms. The van der Waals surface area contributed by atoms with Gasteiger partial charge in [0.15, 0.2) is 0 Å². The van der Waals surface area contributed by atoms with Gasteiger partial charge in [0.25, 0.3) is 0 Å². The van der Waals surface area contributed by atoms with Crippen LogP contribution in [0.5, 0.6) is 17.4 Å². The maximum atomic E-state index is 12.4. The molecule has 0 atom stereocenters. The minimum atomic E-state index is -1.24. The Morgan fingerprint density at radius 1 is 1.00 bits per heavy atom. The molecule has 8 nitrogen and oxygen atoms in total. The first-order valence-electron chi connectivity index (χ1n) is 17.0. The van der Waals surface area contributed by atoms with Crippen molar-refractivity contribution in [2.75, 3.05) is 32.8 Å². The highest BCUT2D eigenvalue weighted by Gasteiger charge is 2.25. The molecule has 0 unspecified atom stereocenters. The van der Waals surface area contributed by atoms with E-state index in [2.05, 4.69) is 71.1 Å². The average Bonchev–Trinajstić information content (AvgIpc) is 3.78. The average molecular weight is 677 g/mol. The predicted octanol–water partition coefficient (Wildman–Crippen LogP) is 8.88. The number of rotatable bonds is 19. The minimum Gasteiger partial charge on any atom is -0.494 e. The van der Waals surface area contributed by atoms with Gasteiger partial charge in [0, 0.05) is 39.1 Å². The van der Waals surface area contributed by atoms with Crippen molar-refractivity contribution in [3.8, 4) is 28.6 Å². The van der Waals surface area contributed by atoms with Crippen LogP contribution in [0.15, 0.2) is 54.9 Å². The molecule has 47 heavy (non-hydrogen) atoms. The Labute approximate surface area is 285 Å². The van der Waals surface area contributed by atoms with Gasteiger partial charge in [0.05, 0.1) is 17.7 Å². The third kappa shape index (κ3) is 10.1. The molecule has 5 rings (SSSR count). The van der Waals surface area contributed by atoms with Crippen LogP contribution in [0.25, 0.3) is 22.3 Å². The zero-order valence-electron chi connectivity index (χ0n) is 28.6. The summed E-state index contributed by atoms with van der Waals surface area (Å²) >= 11 is 6.61. The second-order valence-electron chi connectivity index (χ2n) is 13.7. The third-order valence-electron chi connectivity index (χ3n) is 8.64. The smallest absolute Gasteiger partial charge is 0.231 e. The molecule has 1 aliphatic carbocycles. The Bertz CT molecular complexity index is 1630. The Hall–Kier alpha value is -3.24.